The summed E-state index contributed by atoms with van der Waals surface area (Å²) in [5.74, 6) is 0.193. The van der Waals surface area contributed by atoms with Gasteiger partial charge in [-0.1, -0.05) is 64.5 Å². The van der Waals surface area contributed by atoms with Crippen molar-refractivity contribution in [1.82, 2.24) is 5.32 Å². The van der Waals surface area contributed by atoms with Gasteiger partial charge in [0, 0.05) is 18.4 Å². The minimum Gasteiger partial charge on any atom is -0.508 e. The van der Waals surface area contributed by atoms with Gasteiger partial charge in [-0.15, -0.1) is 0 Å². The van der Waals surface area contributed by atoms with Gasteiger partial charge in [0.15, 0.2) is 5.76 Å². The number of nitrogens with one attached hydrogen (secondary N) is 1. The molecule has 3 rings (SSSR count). The lowest BCUT2D eigenvalue weighted by Gasteiger charge is -2.30. The summed E-state index contributed by atoms with van der Waals surface area (Å²) in [5.41, 5.74) is 2.74. The number of carbonyl (C=O) groups is 3. The second kappa shape index (κ2) is 12.4. The number of aliphatic hydroxyl groups excluding tert-OH is 1. The van der Waals surface area contributed by atoms with E-state index in [0.29, 0.717) is 5.76 Å². The zero-order valence-electron chi connectivity index (χ0n) is 23.5. The molecule has 0 aromatic heterocycles. The number of hydrogen-bond acceptors (Lipinski definition) is 6. The molecule has 0 spiro atoms. The summed E-state index contributed by atoms with van der Waals surface area (Å²) in [4.78, 5) is 33.6. The molecule has 7 heteroatoms. The summed E-state index contributed by atoms with van der Waals surface area (Å²) in [5, 5.41) is 13.2. The zero-order valence-corrected chi connectivity index (χ0v) is 23.5. The Hall–Kier alpha value is -3.09. The van der Waals surface area contributed by atoms with Gasteiger partial charge in [0.1, 0.15) is 17.6 Å². The van der Waals surface area contributed by atoms with Crippen molar-refractivity contribution < 1.29 is 29.0 Å². The minimum atomic E-state index is -0.542. The molecular formula is C30H43NO6. The molecule has 7 nitrogen and oxygen atoms in total. The topological polar surface area (TPSA) is 102 Å². The third-order valence-corrected chi connectivity index (χ3v) is 6.69. The standard InChI is InChI=1S/C19H22O3.C11H21NO3/c1-12(20)22-18-16-9-11-19(2,3)10-8-14(16)13-6-4-5-7-15(13)17(18)21;1-6-8(2)9(7-13)12-10(14)15-11(3,4)5/h4-6,8,10,15,21H,7,9,11H2,1-3H3;7-9H,6H2,1-5H3,(H,12,14). The number of alkyl carbamates (subject to hydrolysis) is 1. The maximum Gasteiger partial charge on any atom is 0.408 e. The predicted octanol–water partition coefficient (Wildman–Crippen LogP) is 6.63. The van der Waals surface area contributed by atoms with Crippen molar-refractivity contribution in [1.29, 1.82) is 0 Å². The van der Waals surface area contributed by atoms with Gasteiger partial charge in [-0.25, -0.2) is 4.79 Å². The monoisotopic (exact) mass is 513 g/mol. The molecule has 2 N–H and O–H groups in total. The van der Waals surface area contributed by atoms with E-state index >= 15 is 0 Å². The normalized spacial score (nSPS) is 21.7. The van der Waals surface area contributed by atoms with Gasteiger partial charge in [0.25, 0.3) is 0 Å². The summed E-state index contributed by atoms with van der Waals surface area (Å²) in [6.07, 6.45) is 14.0. The maximum atomic E-state index is 11.5. The molecule has 0 bridgehead atoms. The van der Waals surface area contributed by atoms with Crippen LogP contribution >= 0.6 is 0 Å². The maximum absolute atomic E-state index is 11.5. The summed E-state index contributed by atoms with van der Waals surface area (Å²) in [7, 11) is 0. The molecule has 0 aliphatic heterocycles. The van der Waals surface area contributed by atoms with Crippen molar-refractivity contribution in [2.75, 3.05) is 0 Å². The lowest BCUT2D eigenvalue weighted by Crippen LogP contribution is -2.43. The Morgan fingerprint density at radius 1 is 1.30 bits per heavy atom. The molecule has 3 aliphatic rings. The van der Waals surface area contributed by atoms with Gasteiger partial charge in [0.05, 0.1) is 6.04 Å². The van der Waals surface area contributed by atoms with Crippen molar-refractivity contribution in [2.45, 2.75) is 92.7 Å². The number of ether oxygens (including phenoxy) is 2. The first-order chi connectivity index (χ1) is 17.2. The summed E-state index contributed by atoms with van der Waals surface area (Å²) >= 11 is 0. The number of aliphatic hydroxyl groups is 1. The molecule has 0 saturated heterocycles. The van der Waals surface area contributed by atoms with Crippen LogP contribution in [0.1, 0.15) is 81.1 Å². The fourth-order valence-corrected chi connectivity index (χ4v) is 4.33. The largest absolute Gasteiger partial charge is 0.508 e. The molecule has 3 atom stereocenters. The molecule has 0 aromatic rings. The first-order valence-electron chi connectivity index (χ1n) is 13.0. The number of esters is 1. The first-order valence-corrected chi connectivity index (χ1v) is 13.0. The van der Waals surface area contributed by atoms with Gasteiger partial charge < -0.3 is 24.7 Å². The Morgan fingerprint density at radius 2 is 1.97 bits per heavy atom. The van der Waals surface area contributed by atoms with Crippen molar-refractivity contribution in [2.24, 2.45) is 17.3 Å². The molecule has 3 aliphatic carbocycles. The Balaban J connectivity index is 0.000000283. The lowest BCUT2D eigenvalue weighted by atomic mass is 9.77. The number of amides is 1. The van der Waals surface area contributed by atoms with Crippen molar-refractivity contribution in [3.63, 3.8) is 0 Å². The van der Waals surface area contributed by atoms with Crippen LogP contribution in [0, 0.1) is 17.3 Å². The van der Waals surface area contributed by atoms with E-state index in [1.54, 1.807) is 20.8 Å². The number of aldehydes is 1. The van der Waals surface area contributed by atoms with Crippen molar-refractivity contribution in [3.05, 3.63) is 58.6 Å². The number of allylic oxidation sites excluding steroid dienone is 8. The van der Waals surface area contributed by atoms with Gasteiger partial charge in [0.2, 0.25) is 0 Å². The van der Waals surface area contributed by atoms with E-state index in [9.17, 15) is 19.5 Å². The highest BCUT2D eigenvalue weighted by atomic mass is 16.6. The average Bonchev–Trinajstić information content (AvgIpc) is 2.97. The fraction of sp³-hybridized carbons (Fsp3) is 0.567. The highest BCUT2D eigenvalue weighted by molar-refractivity contribution is 5.73. The van der Waals surface area contributed by atoms with Crippen LogP contribution in [0.25, 0.3) is 0 Å². The number of hydrogen-bond donors (Lipinski definition) is 2. The Kier molecular flexibility index (Phi) is 10.1. The van der Waals surface area contributed by atoms with Gasteiger partial charge in [-0.2, -0.15) is 0 Å². The van der Waals surface area contributed by atoms with Crippen LogP contribution < -0.4 is 5.32 Å². The van der Waals surface area contributed by atoms with E-state index in [1.165, 1.54) is 6.92 Å². The zero-order chi connectivity index (χ0) is 28.0. The van der Waals surface area contributed by atoms with Crippen LogP contribution in [0.5, 0.6) is 0 Å². The van der Waals surface area contributed by atoms with Crippen LogP contribution in [0.4, 0.5) is 4.79 Å². The van der Waals surface area contributed by atoms with E-state index in [4.69, 9.17) is 9.47 Å². The molecular weight excluding hydrogens is 470 g/mol. The van der Waals surface area contributed by atoms with Crippen LogP contribution in [-0.2, 0) is 19.1 Å². The molecule has 0 radical (unpaired) electrons. The molecule has 204 valence electrons. The van der Waals surface area contributed by atoms with E-state index in [2.05, 4.69) is 37.4 Å². The minimum absolute atomic E-state index is 0.0921. The van der Waals surface area contributed by atoms with Gasteiger partial charge in [-0.05, 0) is 62.5 Å². The van der Waals surface area contributed by atoms with E-state index in [-0.39, 0.29) is 29.0 Å². The predicted molar refractivity (Wildman–Crippen MR) is 145 cm³/mol. The molecule has 1 amide bonds. The number of rotatable bonds is 5. The van der Waals surface area contributed by atoms with Crippen LogP contribution in [-0.4, -0.2) is 35.1 Å². The smallest absolute Gasteiger partial charge is 0.408 e. The average molecular weight is 514 g/mol. The summed E-state index contributed by atoms with van der Waals surface area (Å²) < 4.78 is 10.4. The quantitative estimate of drug-likeness (QED) is 0.316. The van der Waals surface area contributed by atoms with E-state index in [0.717, 1.165) is 48.7 Å². The second-order valence-corrected chi connectivity index (χ2v) is 11.6. The summed E-state index contributed by atoms with van der Waals surface area (Å²) in [6, 6.07) is -0.468. The molecule has 0 saturated carbocycles. The Bertz CT molecular complexity index is 1030. The second-order valence-electron chi connectivity index (χ2n) is 11.6. The van der Waals surface area contributed by atoms with Crippen LogP contribution in [0.15, 0.2) is 58.6 Å². The highest BCUT2D eigenvalue weighted by Crippen LogP contribution is 2.46. The molecule has 0 aromatic carbocycles. The van der Waals surface area contributed by atoms with Crippen molar-refractivity contribution in [3.8, 4) is 0 Å². The van der Waals surface area contributed by atoms with Gasteiger partial charge >= 0.3 is 12.1 Å². The summed E-state index contributed by atoms with van der Waals surface area (Å²) in [6.45, 7) is 15.0. The number of carbonyl (C=O) groups excluding carboxylic acids is 3. The molecule has 0 heterocycles. The van der Waals surface area contributed by atoms with E-state index < -0.39 is 17.7 Å². The van der Waals surface area contributed by atoms with E-state index in [1.807, 2.05) is 26.0 Å². The third-order valence-electron chi connectivity index (χ3n) is 6.69. The first kappa shape index (κ1) is 30.1. The number of fused-ring (bicyclic) bond motifs is 2. The lowest BCUT2D eigenvalue weighted by molar-refractivity contribution is -0.137. The van der Waals surface area contributed by atoms with Crippen LogP contribution in [0.2, 0.25) is 0 Å². The van der Waals surface area contributed by atoms with Crippen LogP contribution in [0.3, 0.4) is 0 Å². The van der Waals surface area contributed by atoms with Gasteiger partial charge in [-0.3, -0.25) is 4.79 Å². The SMILES string of the molecule is CC(=O)OC1=C(O)C2CC=CC=C2C2=C1CCC(C)(C)C=C2.CCC(C)C(C=O)NC(=O)OC(C)(C)C. The third kappa shape index (κ3) is 8.48. The molecule has 3 unspecified atom stereocenters. The van der Waals surface area contributed by atoms with Crippen molar-refractivity contribution >= 4 is 18.3 Å². The Morgan fingerprint density at radius 3 is 2.54 bits per heavy atom. The fourth-order valence-electron chi connectivity index (χ4n) is 4.33. The Labute approximate surface area is 221 Å². The molecule has 0 fully saturated rings. The molecule has 37 heavy (non-hydrogen) atoms. The highest BCUT2D eigenvalue weighted by Gasteiger charge is 2.36.